The lowest BCUT2D eigenvalue weighted by Crippen LogP contribution is -2.21. The summed E-state index contributed by atoms with van der Waals surface area (Å²) in [5.41, 5.74) is 4.16. The second-order valence-corrected chi connectivity index (χ2v) is 5.51. The van der Waals surface area contributed by atoms with E-state index in [2.05, 4.69) is 10.5 Å². The number of hydrogen-bond donors (Lipinski definition) is 1. The molecule has 0 saturated heterocycles. The molecule has 28 heavy (non-hydrogen) atoms. The molecule has 0 saturated carbocycles. The number of esters is 1. The van der Waals surface area contributed by atoms with Crippen molar-refractivity contribution in [3.05, 3.63) is 77.7 Å². The van der Waals surface area contributed by atoms with Crippen molar-refractivity contribution in [1.82, 2.24) is 0 Å². The number of nitrogens with zero attached hydrogens (tertiary/aromatic N) is 1. The van der Waals surface area contributed by atoms with Crippen LogP contribution in [0.15, 0.2) is 70.4 Å². The Morgan fingerprint density at radius 1 is 1.11 bits per heavy atom. The summed E-state index contributed by atoms with van der Waals surface area (Å²) >= 11 is 0. The Morgan fingerprint density at radius 2 is 1.89 bits per heavy atom. The number of ether oxygens (including phenoxy) is 2. The van der Waals surface area contributed by atoms with Gasteiger partial charge >= 0.3 is 5.97 Å². The largest absolute Gasteiger partial charge is 0.545 e. The van der Waals surface area contributed by atoms with E-state index in [0.717, 1.165) is 0 Å². The van der Waals surface area contributed by atoms with E-state index in [0.29, 0.717) is 17.0 Å². The molecule has 0 amide bonds. The number of nitrogens with one attached hydrogen (secondary N) is 1. The highest BCUT2D eigenvalue weighted by molar-refractivity contribution is 5.89. The number of furan rings is 1. The molecule has 1 aromatic heterocycles. The first kappa shape index (κ1) is 18.7. The Morgan fingerprint density at radius 3 is 2.54 bits per heavy atom. The quantitative estimate of drug-likeness (QED) is 0.290. The first-order valence-corrected chi connectivity index (χ1v) is 8.11. The van der Waals surface area contributed by atoms with Gasteiger partial charge in [0, 0.05) is 0 Å². The van der Waals surface area contributed by atoms with Crippen LogP contribution in [0.1, 0.15) is 26.5 Å². The van der Waals surface area contributed by atoms with Gasteiger partial charge in [0.15, 0.2) is 11.5 Å². The van der Waals surface area contributed by atoms with Gasteiger partial charge < -0.3 is 23.8 Å². The minimum absolute atomic E-state index is 0.0824. The molecule has 0 unspecified atom stereocenters. The second-order valence-electron chi connectivity index (χ2n) is 5.51. The monoisotopic (exact) mass is 379 g/mol. The van der Waals surface area contributed by atoms with Crippen LogP contribution in [0.4, 0.5) is 5.69 Å². The molecule has 0 atom stereocenters. The average Bonchev–Trinajstić information content (AvgIpc) is 3.24. The van der Waals surface area contributed by atoms with Crippen molar-refractivity contribution in [3.63, 3.8) is 0 Å². The minimum atomic E-state index is -1.24. The Balaban J connectivity index is 1.66. The number of hydrazone groups is 1. The van der Waals surface area contributed by atoms with Crippen molar-refractivity contribution in [2.24, 2.45) is 5.10 Å². The van der Waals surface area contributed by atoms with Crippen molar-refractivity contribution in [2.45, 2.75) is 0 Å². The van der Waals surface area contributed by atoms with Gasteiger partial charge in [-0.2, -0.15) is 5.10 Å². The normalized spacial score (nSPS) is 10.6. The van der Waals surface area contributed by atoms with E-state index >= 15 is 0 Å². The summed E-state index contributed by atoms with van der Waals surface area (Å²) in [5, 5.41) is 14.8. The molecule has 0 bridgehead atoms. The maximum atomic E-state index is 12.0. The van der Waals surface area contributed by atoms with Crippen LogP contribution in [0.25, 0.3) is 0 Å². The lowest BCUT2D eigenvalue weighted by molar-refractivity contribution is -0.255. The third-order valence-electron chi connectivity index (χ3n) is 3.64. The molecule has 8 nitrogen and oxygen atoms in total. The Labute approximate surface area is 160 Å². The first-order valence-electron chi connectivity index (χ1n) is 8.11. The number of methoxy groups -OCH3 is 1. The van der Waals surface area contributed by atoms with Gasteiger partial charge in [-0.1, -0.05) is 12.1 Å². The van der Waals surface area contributed by atoms with Crippen LogP contribution in [0.3, 0.4) is 0 Å². The number of benzene rings is 2. The Hall–Kier alpha value is -4.07. The number of carboxylic acids is 1. The highest BCUT2D eigenvalue weighted by Crippen LogP contribution is 2.28. The van der Waals surface area contributed by atoms with Crippen LogP contribution in [0.5, 0.6) is 11.5 Å². The van der Waals surface area contributed by atoms with Gasteiger partial charge in [-0.3, -0.25) is 5.43 Å². The number of carboxylic acid groups (broad SMARTS) is 1. The number of anilines is 1. The standard InChI is InChI=1S/C20H16N2O6/c1-26-18-11-13(4-9-16(18)28-20(25)17-3-2-10-27-17)12-21-22-15-7-5-14(6-8-15)19(23)24/h2-12,22H,1H3,(H,23,24)/p-1/b21-12-. The van der Waals surface area contributed by atoms with Crippen LogP contribution < -0.4 is 20.0 Å². The first-order chi connectivity index (χ1) is 13.6. The predicted octanol–water partition coefficient (Wildman–Crippen LogP) is 2.32. The van der Waals surface area contributed by atoms with Crippen molar-refractivity contribution in [1.29, 1.82) is 0 Å². The highest BCUT2D eigenvalue weighted by atomic mass is 16.6. The molecule has 0 aliphatic rings. The molecule has 1 heterocycles. The maximum Gasteiger partial charge on any atom is 0.379 e. The van der Waals surface area contributed by atoms with Crippen molar-refractivity contribution >= 4 is 23.8 Å². The van der Waals surface area contributed by atoms with E-state index in [4.69, 9.17) is 13.9 Å². The minimum Gasteiger partial charge on any atom is -0.545 e. The zero-order chi connectivity index (χ0) is 19.9. The van der Waals surface area contributed by atoms with Crippen LogP contribution >= 0.6 is 0 Å². The summed E-state index contributed by atoms with van der Waals surface area (Å²) in [6, 6.07) is 14.0. The molecule has 3 aromatic rings. The fourth-order valence-corrected chi connectivity index (χ4v) is 2.26. The predicted molar refractivity (Wildman–Crippen MR) is 98.6 cm³/mol. The molecule has 142 valence electrons. The molecular formula is C20H15N2O6-. The zero-order valence-electron chi connectivity index (χ0n) is 14.7. The molecule has 0 radical (unpaired) electrons. The third-order valence-corrected chi connectivity index (χ3v) is 3.64. The van der Waals surface area contributed by atoms with Gasteiger partial charge in [-0.15, -0.1) is 0 Å². The average molecular weight is 379 g/mol. The van der Waals surface area contributed by atoms with Gasteiger partial charge in [0.05, 0.1) is 31.2 Å². The van der Waals surface area contributed by atoms with E-state index in [1.165, 1.54) is 37.8 Å². The van der Waals surface area contributed by atoms with Crippen LogP contribution in [0, 0.1) is 0 Å². The summed E-state index contributed by atoms with van der Waals surface area (Å²) in [4.78, 5) is 22.7. The zero-order valence-corrected chi connectivity index (χ0v) is 14.7. The topological polar surface area (TPSA) is 113 Å². The molecular weight excluding hydrogens is 364 g/mol. The summed E-state index contributed by atoms with van der Waals surface area (Å²) in [5.74, 6) is -1.20. The Kier molecular flexibility index (Phi) is 5.71. The molecule has 0 aliphatic heterocycles. The van der Waals surface area contributed by atoms with Gasteiger partial charge in [0.2, 0.25) is 5.76 Å². The van der Waals surface area contributed by atoms with E-state index in [9.17, 15) is 14.7 Å². The van der Waals surface area contributed by atoms with E-state index in [-0.39, 0.29) is 17.1 Å². The van der Waals surface area contributed by atoms with Gasteiger partial charge in [0.25, 0.3) is 0 Å². The lowest BCUT2D eigenvalue weighted by Gasteiger charge is -2.09. The molecule has 8 heteroatoms. The fraction of sp³-hybridized carbons (Fsp3) is 0.0500. The van der Waals surface area contributed by atoms with E-state index in [1.54, 1.807) is 36.4 Å². The van der Waals surface area contributed by atoms with Crippen LogP contribution in [-0.4, -0.2) is 25.3 Å². The number of carbonyl (C=O) groups excluding carboxylic acids is 2. The number of rotatable bonds is 7. The highest BCUT2D eigenvalue weighted by Gasteiger charge is 2.14. The third kappa shape index (κ3) is 4.55. The summed E-state index contributed by atoms with van der Waals surface area (Å²) < 4.78 is 15.5. The van der Waals surface area contributed by atoms with E-state index in [1.807, 2.05) is 0 Å². The molecule has 0 fully saturated rings. The Bertz CT molecular complexity index is 994. The lowest BCUT2D eigenvalue weighted by atomic mass is 10.2. The summed E-state index contributed by atoms with van der Waals surface area (Å²) in [7, 11) is 1.46. The molecule has 3 rings (SSSR count). The number of aromatic carboxylic acids is 1. The molecule has 0 spiro atoms. The number of hydrogen-bond acceptors (Lipinski definition) is 8. The van der Waals surface area contributed by atoms with Gasteiger partial charge in [-0.05, 0) is 53.6 Å². The van der Waals surface area contributed by atoms with Crippen LogP contribution in [0.2, 0.25) is 0 Å². The fourth-order valence-electron chi connectivity index (χ4n) is 2.26. The van der Waals surface area contributed by atoms with Crippen molar-refractivity contribution < 1.29 is 28.6 Å². The SMILES string of the molecule is COc1cc(/C=N\Nc2ccc(C(=O)[O-])cc2)ccc1OC(=O)c1ccco1. The van der Waals surface area contributed by atoms with Gasteiger partial charge in [-0.25, -0.2) is 4.79 Å². The smallest absolute Gasteiger partial charge is 0.379 e. The second kappa shape index (κ2) is 8.54. The summed E-state index contributed by atoms with van der Waals surface area (Å²) in [6.07, 6.45) is 2.92. The van der Waals surface area contributed by atoms with Gasteiger partial charge in [0.1, 0.15) is 0 Å². The molecule has 0 aliphatic carbocycles. The summed E-state index contributed by atoms with van der Waals surface area (Å²) in [6.45, 7) is 0. The molecule has 2 aromatic carbocycles. The number of carbonyl (C=O) groups is 2. The van der Waals surface area contributed by atoms with Crippen molar-refractivity contribution in [3.8, 4) is 11.5 Å². The van der Waals surface area contributed by atoms with Crippen LogP contribution in [-0.2, 0) is 0 Å². The molecule has 1 N–H and O–H groups in total. The van der Waals surface area contributed by atoms with E-state index < -0.39 is 11.9 Å². The van der Waals surface area contributed by atoms with Crippen molar-refractivity contribution in [2.75, 3.05) is 12.5 Å². The maximum absolute atomic E-state index is 12.0.